The number of nitrogens with zero attached hydrogens (tertiary/aromatic N) is 2. The maximum atomic E-state index is 13.5. The van der Waals surface area contributed by atoms with Gasteiger partial charge < -0.3 is 14.7 Å². The van der Waals surface area contributed by atoms with Crippen molar-refractivity contribution >= 4 is 21.7 Å². The number of carbonyl (C=O) groups is 1. The molecule has 1 aliphatic heterocycles. The molecule has 0 amide bonds. The van der Waals surface area contributed by atoms with E-state index in [1.807, 2.05) is 4.90 Å². The monoisotopic (exact) mass is 486 g/mol. The Balaban J connectivity index is 1.81. The number of rotatable bonds is 6. The van der Waals surface area contributed by atoms with E-state index in [2.05, 4.69) is 4.74 Å². The number of alkyl halides is 3. The third-order valence-corrected chi connectivity index (χ3v) is 7.42. The van der Waals surface area contributed by atoms with E-state index >= 15 is 0 Å². The van der Waals surface area contributed by atoms with Crippen LogP contribution in [0.25, 0.3) is 0 Å². The molecular formula is C22H25F3N2O5S. The number of benzene rings is 2. The van der Waals surface area contributed by atoms with Gasteiger partial charge in [0.25, 0.3) is 0 Å². The Morgan fingerprint density at radius 1 is 1.09 bits per heavy atom. The molecule has 1 fully saturated rings. The van der Waals surface area contributed by atoms with Crippen LogP contribution in [-0.4, -0.2) is 55.3 Å². The first kappa shape index (κ1) is 24.8. The van der Waals surface area contributed by atoms with Gasteiger partial charge in [0.1, 0.15) is 5.75 Å². The number of hydrogen-bond acceptors (Lipinski definition) is 5. The summed E-state index contributed by atoms with van der Waals surface area (Å²) in [6, 6.07) is 9.13. The highest BCUT2D eigenvalue weighted by Crippen LogP contribution is 2.31. The fourth-order valence-electron chi connectivity index (χ4n) is 4.22. The maximum Gasteiger partial charge on any atom is 0.573 e. The summed E-state index contributed by atoms with van der Waals surface area (Å²) in [5.41, 5.74) is 1.70. The summed E-state index contributed by atoms with van der Waals surface area (Å²) in [5, 5.41) is 9.07. The van der Waals surface area contributed by atoms with Gasteiger partial charge in [-0.1, -0.05) is 6.07 Å². The number of carboxylic acid groups (broad SMARTS) is 1. The number of halogens is 3. The fraction of sp³-hybridized carbons (Fsp3) is 0.409. The molecular weight excluding hydrogens is 461 g/mol. The van der Waals surface area contributed by atoms with E-state index < -0.39 is 34.4 Å². The molecule has 3 rings (SSSR count). The summed E-state index contributed by atoms with van der Waals surface area (Å²) in [7, 11) is -3.91. The van der Waals surface area contributed by atoms with Crippen LogP contribution in [0.15, 0.2) is 47.4 Å². The van der Waals surface area contributed by atoms with Gasteiger partial charge in [-0.05, 0) is 68.3 Å². The third-order valence-electron chi connectivity index (χ3n) is 5.31. The molecule has 2 atom stereocenters. The van der Waals surface area contributed by atoms with Crippen LogP contribution in [0, 0.1) is 6.92 Å². The lowest BCUT2D eigenvalue weighted by Crippen LogP contribution is -2.58. The van der Waals surface area contributed by atoms with Crippen molar-refractivity contribution in [2.45, 2.75) is 50.5 Å². The molecule has 1 N–H and O–H groups in total. The smallest absolute Gasteiger partial charge is 0.481 e. The number of carboxylic acids is 1. The molecule has 0 radical (unpaired) electrons. The normalized spacial score (nSPS) is 20.0. The van der Waals surface area contributed by atoms with Crippen LogP contribution in [0.4, 0.5) is 18.9 Å². The fourth-order valence-corrected chi connectivity index (χ4v) is 6.18. The summed E-state index contributed by atoms with van der Waals surface area (Å²) in [5.74, 6) is -1.38. The number of hydrogen-bond donors (Lipinski definition) is 1. The van der Waals surface area contributed by atoms with E-state index in [9.17, 15) is 26.4 Å². The molecule has 0 aromatic heterocycles. The minimum Gasteiger partial charge on any atom is -0.481 e. The van der Waals surface area contributed by atoms with Gasteiger partial charge in [0.05, 0.1) is 11.3 Å². The lowest BCUT2D eigenvalue weighted by Gasteiger charge is -2.44. The van der Waals surface area contributed by atoms with Gasteiger partial charge in [-0.25, -0.2) is 8.42 Å². The predicted molar refractivity (Wildman–Crippen MR) is 116 cm³/mol. The molecule has 2 aromatic rings. The second-order valence-electron chi connectivity index (χ2n) is 8.20. The molecule has 1 saturated heterocycles. The van der Waals surface area contributed by atoms with Crippen molar-refractivity contribution in [3.63, 3.8) is 0 Å². The Bertz CT molecular complexity index is 1110. The highest BCUT2D eigenvalue weighted by molar-refractivity contribution is 7.89. The molecule has 0 spiro atoms. The average Bonchev–Trinajstić information content (AvgIpc) is 2.65. The minimum atomic E-state index is -4.77. The molecule has 0 bridgehead atoms. The van der Waals surface area contributed by atoms with Crippen molar-refractivity contribution in [3.05, 3.63) is 53.6 Å². The Kier molecular flexibility index (Phi) is 6.94. The van der Waals surface area contributed by atoms with Crippen LogP contribution in [0.1, 0.15) is 25.0 Å². The Labute approximate surface area is 190 Å². The molecule has 11 heteroatoms. The summed E-state index contributed by atoms with van der Waals surface area (Å²) in [6.45, 7) is 5.89. The molecule has 1 aliphatic rings. The molecule has 7 nitrogen and oxygen atoms in total. The van der Waals surface area contributed by atoms with Crippen LogP contribution in [-0.2, 0) is 21.2 Å². The van der Waals surface area contributed by atoms with Crippen molar-refractivity contribution in [2.24, 2.45) is 0 Å². The predicted octanol–water partition coefficient (Wildman–Crippen LogP) is 3.81. The SMILES string of the molecule is Cc1cc(CC(=O)O)cc(S(=O)(=O)N2C(C)CN(c3ccc(OC(F)(F)F)cc3)CC2C)c1. The topological polar surface area (TPSA) is 87.1 Å². The lowest BCUT2D eigenvalue weighted by atomic mass is 10.1. The summed E-state index contributed by atoms with van der Waals surface area (Å²) in [4.78, 5) is 13.0. The van der Waals surface area contributed by atoms with Crippen LogP contribution in [0.5, 0.6) is 5.75 Å². The Hall–Kier alpha value is -2.79. The second kappa shape index (κ2) is 9.22. The number of ether oxygens (including phenoxy) is 1. The van der Waals surface area contributed by atoms with E-state index in [0.717, 1.165) is 0 Å². The largest absolute Gasteiger partial charge is 0.573 e. The zero-order chi connectivity index (χ0) is 24.6. The van der Waals surface area contributed by atoms with Crippen molar-refractivity contribution in [2.75, 3.05) is 18.0 Å². The van der Waals surface area contributed by atoms with Crippen molar-refractivity contribution in [3.8, 4) is 5.75 Å². The van der Waals surface area contributed by atoms with Crippen LogP contribution in [0.2, 0.25) is 0 Å². The van der Waals surface area contributed by atoms with Crippen LogP contribution >= 0.6 is 0 Å². The first-order valence-electron chi connectivity index (χ1n) is 10.2. The van der Waals surface area contributed by atoms with Gasteiger partial charge in [0, 0.05) is 30.9 Å². The Morgan fingerprint density at radius 2 is 1.67 bits per heavy atom. The highest BCUT2D eigenvalue weighted by Gasteiger charge is 2.39. The van der Waals surface area contributed by atoms with Crippen LogP contribution in [0.3, 0.4) is 0 Å². The molecule has 33 heavy (non-hydrogen) atoms. The minimum absolute atomic E-state index is 0.0413. The van der Waals surface area contributed by atoms with E-state index in [1.54, 1.807) is 26.8 Å². The van der Waals surface area contributed by atoms with E-state index in [4.69, 9.17) is 5.11 Å². The molecule has 0 aliphatic carbocycles. The standard InChI is InChI=1S/C22H25F3N2O5S/c1-14-8-17(11-21(28)29)10-20(9-14)33(30,31)27-15(2)12-26(13-16(27)3)18-4-6-19(7-5-18)32-22(23,24)25/h4-10,15-16H,11-13H2,1-3H3,(H,28,29). The molecule has 2 unspecified atom stereocenters. The third kappa shape index (κ3) is 5.97. The van der Waals surface area contributed by atoms with E-state index in [-0.39, 0.29) is 17.1 Å². The number of aliphatic carboxylic acids is 1. The molecule has 180 valence electrons. The molecule has 2 aromatic carbocycles. The second-order valence-corrected chi connectivity index (χ2v) is 10.0. The number of sulfonamides is 1. The van der Waals surface area contributed by atoms with Gasteiger partial charge in [-0.15, -0.1) is 13.2 Å². The van der Waals surface area contributed by atoms with Gasteiger partial charge in [0.15, 0.2) is 0 Å². The Morgan fingerprint density at radius 3 is 2.18 bits per heavy atom. The van der Waals surface area contributed by atoms with Gasteiger partial charge in [-0.2, -0.15) is 4.31 Å². The average molecular weight is 487 g/mol. The highest BCUT2D eigenvalue weighted by atomic mass is 32.2. The first-order chi connectivity index (χ1) is 15.3. The quantitative estimate of drug-likeness (QED) is 0.668. The summed E-state index contributed by atoms with van der Waals surface area (Å²) in [6.07, 6.45) is -5.05. The van der Waals surface area contributed by atoms with Crippen molar-refractivity contribution in [1.29, 1.82) is 0 Å². The van der Waals surface area contributed by atoms with Crippen molar-refractivity contribution in [1.82, 2.24) is 4.31 Å². The number of aryl methyl sites for hydroxylation is 1. The zero-order valence-electron chi connectivity index (χ0n) is 18.3. The lowest BCUT2D eigenvalue weighted by molar-refractivity contribution is -0.274. The van der Waals surface area contributed by atoms with E-state index in [0.29, 0.717) is 29.9 Å². The summed E-state index contributed by atoms with van der Waals surface area (Å²) < 4.78 is 69.4. The first-order valence-corrected chi connectivity index (χ1v) is 11.7. The van der Waals surface area contributed by atoms with Crippen molar-refractivity contribution < 1.29 is 36.2 Å². The molecule has 1 heterocycles. The summed E-state index contributed by atoms with van der Waals surface area (Å²) >= 11 is 0. The molecule has 0 saturated carbocycles. The van der Waals surface area contributed by atoms with Gasteiger partial charge >= 0.3 is 12.3 Å². The van der Waals surface area contributed by atoms with E-state index in [1.165, 1.54) is 40.7 Å². The maximum absolute atomic E-state index is 13.5. The number of piperazine rings is 1. The zero-order valence-corrected chi connectivity index (χ0v) is 19.2. The van der Waals surface area contributed by atoms with Crippen LogP contribution < -0.4 is 9.64 Å². The number of anilines is 1. The van der Waals surface area contributed by atoms with Gasteiger partial charge in [0.2, 0.25) is 10.0 Å². The van der Waals surface area contributed by atoms with Gasteiger partial charge in [-0.3, -0.25) is 4.79 Å².